The van der Waals surface area contributed by atoms with Crippen molar-refractivity contribution < 1.29 is 17.9 Å². The van der Waals surface area contributed by atoms with E-state index >= 15 is 0 Å². The molecule has 154 valence electrons. The summed E-state index contributed by atoms with van der Waals surface area (Å²) in [5, 5.41) is 3.09. The van der Waals surface area contributed by atoms with Gasteiger partial charge < -0.3 is 10.1 Å². The lowest BCUT2D eigenvalue weighted by atomic mass is 9.87. The third kappa shape index (κ3) is 3.89. The summed E-state index contributed by atoms with van der Waals surface area (Å²) in [4.78, 5) is 13.0. The number of hydrogen-bond donors (Lipinski definition) is 1. The van der Waals surface area contributed by atoms with Crippen molar-refractivity contribution in [2.24, 2.45) is 0 Å². The van der Waals surface area contributed by atoms with Crippen LogP contribution < -0.4 is 10.1 Å². The van der Waals surface area contributed by atoms with Crippen molar-refractivity contribution in [3.05, 3.63) is 59.2 Å². The number of hydrogen-bond acceptors (Lipinski definition) is 4. The molecule has 1 N–H and O–H groups in total. The molecule has 1 heterocycles. The molecule has 7 heteroatoms. The maximum Gasteiger partial charge on any atom is 0.251 e. The Morgan fingerprint density at radius 2 is 1.86 bits per heavy atom. The first-order chi connectivity index (χ1) is 14.0. The molecule has 0 aromatic heterocycles. The topological polar surface area (TPSA) is 75.7 Å². The van der Waals surface area contributed by atoms with Crippen LogP contribution in [0.3, 0.4) is 0 Å². The maximum absolute atomic E-state index is 13.1. The van der Waals surface area contributed by atoms with Crippen LogP contribution in [-0.2, 0) is 16.4 Å². The van der Waals surface area contributed by atoms with Gasteiger partial charge in [-0.15, -0.1) is 0 Å². The molecule has 1 saturated heterocycles. The summed E-state index contributed by atoms with van der Waals surface area (Å²) in [6.45, 7) is 1.00. The van der Waals surface area contributed by atoms with Gasteiger partial charge in [-0.05, 0) is 61.4 Å². The molecule has 0 unspecified atom stereocenters. The molecule has 2 aromatic rings. The molecule has 1 aliphatic carbocycles. The van der Waals surface area contributed by atoms with Gasteiger partial charge in [-0.25, -0.2) is 8.42 Å². The summed E-state index contributed by atoms with van der Waals surface area (Å²) in [6, 6.07) is 12.7. The minimum atomic E-state index is -3.69. The Morgan fingerprint density at radius 1 is 1.10 bits per heavy atom. The zero-order valence-electron chi connectivity index (χ0n) is 16.6. The number of nitrogens with zero attached hydrogens (tertiary/aromatic N) is 1. The fourth-order valence-corrected chi connectivity index (χ4v) is 5.93. The van der Waals surface area contributed by atoms with E-state index in [1.165, 1.54) is 23.0 Å². The summed E-state index contributed by atoms with van der Waals surface area (Å²) >= 11 is 0. The molecule has 0 saturated carbocycles. The molecule has 1 aliphatic heterocycles. The van der Waals surface area contributed by atoms with Crippen LogP contribution in [0.2, 0.25) is 0 Å². The number of fused-ring (bicyclic) bond motifs is 1. The Balaban J connectivity index is 1.62. The largest absolute Gasteiger partial charge is 0.495 e. The molecule has 29 heavy (non-hydrogen) atoms. The molecule has 0 radical (unpaired) electrons. The smallest absolute Gasteiger partial charge is 0.251 e. The van der Waals surface area contributed by atoms with Crippen LogP contribution in [0.1, 0.15) is 53.2 Å². The highest BCUT2D eigenvalue weighted by molar-refractivity contribution is 7.89. The number of carbonyl (C=O) groups is 1. The van der Waals surface area contributed by atoms with Crippen molar-refractivity contribution >= 4 is 15.9 Å². The first kappa shape index (κ1) is 19.9. The van der Waals surface area contributed by atoms with Crippen molar-refractivity contribution in [3.63, 3.8) is 0 Å². The minimum absolute atomic E-state index is 0.0543. The van der Waals surface area contributed by atoms with Gasteiger partial charge in [0.25, 0.3) is 5.91 Å². The van der Waals surface area contributed by atoms with Gasteiger partial charge in [-0.1, -0.05) is 24.3 Å². The number of nitrogens with one attached hydrogen (secondary N) is 1. The van der Waals surface area contributed by atoms with Crippen LogP contribution in [0.15, 0.2) is 47.4 Å². The molecule has 6 nitrogen and oxygen atoms in total. The average molecular weight is 415 g/mol. The fraction of sp³-hybridized carbons (Fsp3) is 0.409. The van der Waals surface area contributed by atoms with Gasteiger partial charge in [0.05, 0.1) is 13.2 Å². The van der Waals surface area contributed by atoms with Gasteiger partial charge in [0.1, 0.15) is 10.6 Å². The predicted molar refractivity (Wildman–Crippen MR) is 111 cm³/mol. The molecular weight excluding hydrogens is 388 g/mol. The monoisotopic (exact) mass is 414 g/mol. The van der Waals surface area contributed by atoms with Crippen molar-refractivity contribution in [1.29, 1.82) is 0 Å². The Morgan fingerprint density at radius 3 is 2.62 bits per heavy atom. The molecule has 0 bridgehead atoms. The Labute approximate surface area is 171 Å². The van der Waals surface area contributed by atoms with Crippen LogP contribution >= 0.6 is 0 Å². The summed E-state index contributed by atoms with van der Waals surface area (Å²) in [7, 11) is -2.25. The van der Waals surface area contributed by atoms with E-state index in [2.05, 4.69) is 17.4 Å². The first-order valence-corrected chi connectivity index (χ1v) is 11.5. The van der Waals surface area contributed by atoms with Crippen LogP contribution in [0, 0.1) is 0 Å². The lowest BCUT2D eigenvalue weighted by molar-refractivity contribution is 0.0932. The third-order valence-corrected chi connectivity index (χ3v) is 7.70. The molecule has 1 amide bonds. The van der Waals surface area contributed by atoms with Gasteiger partial charge in [0.15, 0.2) is 0 Å². The van der Waals surface area contributed by atoms with Crippen molar-refractivity contribution in [1.82, 2.24) is 9.62 Å². The highest BCUT2D eigenvalue weighted by atomic mass is 32.2. The zero-order chi connectivity index (χ0) is 20.4. The van der Waals surface area contributed by atoms with Gasteiger partial charge in [-0.3, -0.25) is 4.79 Å². The number of sulfonamides is 1. The number of carbonyl (C=O) groups excluding carboxylic acids is 1. The van der Waals surface area contributed by atoms with Gasteiger partial charge in [-0.2, -0.15) is 4.31 Å². The Bertz CT molecular complexity index is 1010. The van der Waals surface area contributed by atoms with E-state index in [1.54, 1.807) is 12.1 Å². The van der Waals surface area contributed by atoms with E-state index in [9.17, 15) is 13.2 Å². The average Bonchev–Trinajstić information content (AvgIpc) is 3.29. The molecule has 1 atom stereocenters. The summed E-state index contributed by atoms with van der Waals surface area (Å²) < 4.78 is 32.9. The van der Waals surface area contributed by atoms with Crippen LogP contribution in [0.25, 0.3) is 0 Å². The quantitative estimate of drug-likeness (QED) is 0.815. The second-order valence-electron chi connectivity index (χ2n) is 7.59. The summed E-state index contributed by atoms with van der Waals surface area (Å²) in [5.74, 6) is -0.0105. The molecule has 4 rings (SSSR count). The lowest BCUT2D eigenvalue weighted by Gasteiger charge is -2.26. The minimum Gasteiger partial charge on any atom is -0.495 e. The third-order valence-electron chi connectivity index (χ3n) is 5.78. The second kappa shape index (κ2) is 8.16. The standard InChI is InChI=1S/C22H26N2O4S/c1-28-20-12-11-17(15-21(20)29(26,27)24-13-4-5-14-24)22(25)23-19-10-6-8-16-7-2-3-9-18(16)19/h2-3,7,9,11-12,15,19H,4-6,8,10,13-14H2,1H3,(H,23,25)/t19-/m0/s1. The van der Waals surface area contributed by atoms with E-state index < -0.39 is 10.0 Å². The molecular formula is C22H26N2O4S. The van der Waals surface area contributed by atoms with Gasteiger partial charge in [0, 0.05) is 18.7 Å². The van der Waals surface area contributed by atoms with Gasteiger partial charge >= 0.3 is 0 Å². The SMILES string of the molecule is COc1ccc(C(=O)N[C@H]2CCCc3ccccc32)cc1S(=O)(=O)N1CCCC1. The van der Waals surface area contributed by atoms with Crippen LogP contribution in [0.4, 0.5) is 0 Å². The Hall–Kier alpha value is -2.38. The molecule has 2 aliphatic rings. The summed E-state index contributed by atoms with van der Waals surface area (Å²) in [5.41, 5.74) is 2.73. The highest BCUT2D eigenvalue weighted by Gasteiger charge is 2.31. The lowest BCUT2D eigenvalue weighted by Crippen LogP contribution is -2.31. The first-order valence-electron chi connectivity index (χ1n) is 10.1. The highest BCUT2D eigenvalue weighted by Crippen LogP contribution is 2.32. The second-order valence-corrected chi connectivity index (χ2v) is 9.50. The molecule has 0 spiro atoms. The Kier molecular flexibility index (Phi) is 5.61. The van der Waals surface area contributed by atoms with E-state index in [-0.39, 0.29) is 22.6 Å². The maximum atomic E-state index is 13.1. The normalized spacial score (nSPS) is 19.6. The van der Waals surface area contributed by atoms with Crippen LogP contribution in [0.5, 0.6) is 5.75 Å². The number of ether oxygens (including phenoxy) is 1. The van der Waals surface area contributed by atoms with Gasteiger partial charge in [0.2, 0.25) is 10.0 Å². The zero-order valence-corrected chi connectivity index (χ0v) is 17.4. The van der Waals surface area contributed by atoms with E-state index in [0.29, 0.717) is 18.7 Å². The van der Waals surface area contributed by atoms with Crippen molar-refractivity contribution in [3.8, 4) is 5.75 Å². The fourth-order valence-electron chi connectivity index (χ4n) is 4.23. The molecule has 2 aromatic carbocycles. The van der Waals surface area contributed by atoms with E-state index in [4.69, 9.17) is 4.74 Å². The number of amides is 1. The van der Waals surface area contributed by atoms with Crippen molar-refractivity contribution in [2.45, 2.75) is 43.0 Å². The summed E-state index contributed by atoms with van der Waals surface area (Å²) in [6.07, 6.45) is 4.60. The van der Waals surface area contributed by atoms with Crippen LogP contribution in [-0.4, -0.2) is 38.8 Å². The number of methoxy groups -OCH3 is 1. The number of benzene rings is 2. The van der Waals surface area contributed by atoms with Crippen molar-refractivity contribution in [2.75, 3.05) is 20.2 Å². The van der Waals surface area contributed by atoms with E-state index in [0.717, 1.165) is 37.7 Å². The molecule has 1 fully saturated rings. The number of rotatable bonds is 5. The van der Waals surface area contributed by atoms with E-state index in [1.807, 2.05) is 12.1 Å². The predicted octanol–water partition coefficient (Wildman–Crippen LogP) is 3.29. The number of aryl methyl sites for hydroxylation is 1.